The first-order valence-electron chi connectivity index (χ1n) is 10.7. The maximum atomic E-state index is 13.5. The summed E-state index contributed by atoms with van der Waals surface area (Å²) in [5.74, 6) is -0.467. The molecule has 1 atom stereocenters. The van der Waals surface area contributed by atoms with Crippen LogP contribution < -0.4 is 5.73 Å². The summed E-state index contributed by atoms with van der Waals surface area (Å²) in [5.41, 5.74) is 4.28. The van der Waals surface area contributed by atoms with Crippen molar-refractivity contribution in [1.82, 2.24) is 19.8 Å². The lowest BCUT2D eigenvalue weighted by molar-refractivity contribution is -0.143. The number of likely N-dealkylation sites (tertiary alicyclic amines) is 2. The van der Waals surface area contributed by atoms with Crippen molar-refractivity contribution in [2.75, 3.05) is 39.4 Å². The minimum atomic E-state index is -4.46. The number of hydrogen-bond acceptors (Lipinski definition) is 5. The molecule has 4 heterocycles. The molecule has 3 aliphatic rings. The number of H-pyrrole nitrogens is 1. The highest BCUT2D eigenvalue weighted by Gasteiger charge is 2.51. The van der Waals surface area contributed by atoms with Crippen LogP contribution in [0.15, 0.2) is 6.20 Å². The zero-order valence-corrected chi connectivity index (χ0v) is 17.3. The number of hydrogen-bond donors (Lipinski definition) is 2. The van der Waals surface area contributed by atoms with Crippen LogP contribution in [0.2, 0.25) is 0 Å². The smallest absolute Gasteiger partial charge is 0.381 e. The first-order chi connectivity index (χ1) is 14.7. The Balaban J connectivity index is 1.46. The topological polar surface area (TPSA) is 105 Å². The summed E-state index contributed by atoms with van der Waals surface area (Å²) in [5, 5.41) is 0. The second-order valence-electron chi connectivity index (χ2n) is 8.94. The molecule has 0 radical (unpaired) electrons. The second-order valence-corrected chi connectivity index (χ2v) is 8.94. The molecule has 1 aromatic heterocycles. The molecule has 1 spiro atoms. The van der Waals surface area contributed by atoms with E-state index >= 15 is 0 Å². The minimum Gasteiger partial charge on any atom is -0.381 e. The van der Waals surface area contributed by atoms with Crippen molar-refractivity contribution >= 4 is 11.8 Å². The molecule has 11 heteroatoms. The van der Waals surface area contributed by atoms with Gasteiger partial charge in [0, 0.05) is 50.7 Å². The molecule has 172 valence electrons. The van der Waals surface area contributed by atoms with Gasteiger partial charge in [0.1, 0.15) is 11.5 Å². The zero-order valence-electron chi connectivity index (χ0n) is 17.3. The molecular formula is C20H28F3N5O3. The monoisotopic (exact) mass is 443 g/mol. The number of carbonyl (C=O) groups excluding carboxylic acids is 2. The SMILES string of the molecule is NC(=O)C1CCN(C(=O)[C@H]2CN(Cc3ncc(C(F)(F)F)[nH]3)CC23CCOCC3)CC1. The fraction of sp³-hybridized carbons (Fsp3) is 0.750. The number of nitrogens with zero attached hydrogens (tertiary/aromatic N) is 3. The van der Waals surface area contributed by atoms with E-state index < -0.39 is 11.9 Å². The van der Waals surface area contributed by atoms with Gasteiger partial charge >= 0.3 is 6.18 Å². The Morgan fingerprint density at radius 2 is 1.94 bits per heavy atom. The standard InChI is InChI=1S/C20H28F3N5O3/c21-20(22,23)15-9-25-16(26-15)11-27-10-14(19(12-27)3-7-31-8-4-19)18(30)28-5-1-13(2-6-28)17(24)29/h9,13-14H,1-8,10-12H2,(H2,24,29)(H,25,26)/t14-/m1/s1. The van der Waals surface area contributed by atoms with E-state index in [2.05, 4.69) is 9.97 Å². The van der Waals surface area contributed by atoms with E-state index in [1.807, 2.05) is 9.80 Å². The second kappa shape index (κ2) is 8.42. The number of rotatable bonds is 4. The molecule has 3 N–H and O–H groups in total. The number of imidazole rings is 1. The molecule has 4 rings (SSSR count). The normalized spacial score (nSPS) is 25.3. The Morgan fingerprint density at radius 1 is 1.26 bits per heavy atom. The summed E-state index contributed by atoms with van der Waals surface area (Å²) in [6, 6.07) is 0. The summed E-state index contributed by atoms with van der Waals surface area (Å²) in [4.78, 5) is 35.0. The first kappa shape index (κ1) is 22.1. The number of aromatic amines is 1. The molecule has 8 nitrogen and oxygen atoms in total. The zero-order chi connectivity index (χ0) is 22.2. The predicted octanol–water partition coefficient (Wildman–Crippen LogP) is 1.38. The Kier molecular flexibility index (Phi) is 5.99. The predicted molar refractivity (Wildman–Crippen MR) is 103 cm³/mol. The van der Waals surface area contributed by atoms with Gasteiger partial charge in [0.05, 0.1) is 18.7 Å². The molecule has 2 amide bonds. The summed E-state index contributed by atoms with van der Waals surface area (Å²) in [6.45, 7) is 3.46. The lowest BCUT2D eigenvalue weighted by Crippen LogP contribution is -2.49. The first-order valence-corrected chi connectivity index (χ1v) is 10.7. The van der Waals surface area contributed by atoms with Gasteiger partial charge in [-0.15, -0.1) is 0 Å². The van der Waals surface area contributed by atoms with Crippen LogP contribution in [0.5, 0.6) is 0 Å². The Morgan fingerprint density at radius 3 is 2.52 bits per heavy atom. The molecule has 31 heavy (non-hydrogen) atoms. The number of alkyl halides is 3. The highest BCUT2D eigenvalue weighted by atomic mass is 19.4. The molecule has 3 saturated heterocycles. The van der Waals surface area contributed by atoms with Gasteiger partial charge in [-0.25, -0.2) is 4.98 Å². The highest BCUT2D eigenvalue weighted by Crippen LogP contribution is 2.45. The number of piperidine rings is 1. The largest absolute Gasteiger partial charge is 0.432 e. The lowest BCUT2D eigenvalue weighted by atomic mass is 9.71. The van der Waals surface area contributed by atoms with E-state index in [4.69, 9.17) is 10.5 Å². The molecule has 0 saturated carbocycles. The molecule has 1 aromatic rings. The average molecular weight is 443 g/mol. The maximum Gasteiger partial charge on any atom is 0.432 e. The van der Waals surface area contributed by atoms with Gasteiger partial charge in [-0.3, -0.25) is 14.5 Å². The maximum absolute atomic E-state index is 13.5. The van der Waals surface area contributed by atoms with Gasteiger partial charge in [0.25, 0.3) is 0 Å². The minimum absolute atomic E-state index is 0.0581. The van der Waals surface area contributed by atoms with Crippen LogP contribution in [-0.4, -0.2) is 71.0 Å². The van der Waals surface area contributed by atoms with E-state index in [0.29, 0.717) is 52.2 Å². The highest BCUT2D eigenvalue weighted by molar-refractivity contribution is 5.81. The van der Waals surface area contributed by atoms with E-state index in [9.17, 15) is 22.8 Å². The third-order valence-corrected chi connectivity index (χ3v) is 7.02. The van der Waals surface area contributed by atoms with Gasteiger partial charge in [-0.1, -0.05) is 0 Å². The molecular weight excluding hydrogens is 415 g/mol. The van der Waals surface area contributed by atoms with E-state index in [1.165, 1.54) is 0 Å². The molecule has 0 aliphatic carbocycles. The molecule has 0 unspecified atom stereocenters. The van der Waals surface area contributed by atoms with Gasteiger partial charge in [-0.05, 0) is 25.7 Å². The van der Waals surface area contributed by atoms with Crippen LogP contribution in [0.25, 0.3) is 0 Å². The quantitative estimate of drug-likeness (QED) is 0.732. The summed E-state index contributed by atoms with van der Waals surface area (Å²) < 4.78 is 44.1. The van der Waals surface area contributed by atoms with Gasteiger partial charge in [0.15, 0.2) is 0 Å². The van der Waals surface area contributed by atoms with Crippen LogP contribution in [-0.2, 0) is 27.0 Å². The van der Waals surface area contributed by atoms with Crippen LogP contribution >= 0.6 is 0 Å². The average Bonchev–Trinajstić information content (AvgIpc) is 3.33. The number of nitrogens with one attached hydrogen (secondary N) is 1. The van der Waals surface area contributed by atoms with Gasteiger partial charge in [-0.2, -0.15) is 13.2 Å². The molecule has 3 fully saturated rings. The van der Waals surface area contributed by atoms with E-state index in [-0.39, 0.29) is 41.4 Å². The Hall–Kier alpha value is -2.14. The van der Waals surface area contributed by atoms with E-state index in [1.54, 1.807) is 0 Å². The number of ether oxygens (including phenoxy) is 1. The van der Waals surface area contributed by atoms with Crippen LogP contribution in [0.4, 0.5) is 13.2 Å². The Bertz CT molecular complexity index is 813. The third kappa shape index (κ3) is 4.57. The van der Waals surface area contributed by atoms with Crippen molar-refractivity contribution in [1.29, 1.82) is 0 Å². The van der Waals surface area contributed by atoms with Gasteiger partial charge < -0.3 is 20.4 Å². The number of aromatic nitrogens is 2. The molecule has 3 aliphatic heterocycles. The number of nitrogens with two attached hydrogens (primary N) is 1. The van der Waals surface area contributed by atoms with Crippen molar-refractivity contribution in [3.05, 3.63) is 17.7 Å². The third-order valence-electron chi connectivity index (χ3n) is 7.02. The van der Waals surface area contributed by atoms with Crippen molar-refractivity contribution in [2.24, 2.45) is 23.0 Å². The Labute approximate surface area is 178 Å². The van der Waals surface area contributed by atoms with Crippen LogP contribution in [0, 0.1) is 17.3 Å². The fourth-order valence-electron chi connectivity index (χ4n) is 5.22. The van der Waals surface area contributed by atoms with Gasteiger partial charge in [0.2, 0.25) is 11.8 Å². The summed E-state index contributed by atoms with van der Waals surface area (Å²) in [7, 11) is 0. The van der Waals surface area contributed by atoms with Crippen molar-refractivity contribution in [3.63, 3.8) is 0 Å². The van der Waals surface area contributed by atoms with Crippen molar-refractivity contribution in [3.8, 4) is 0 Å². The van der Waals surface area contributed by atoms with Crippen LogP contribution in [0.3, 0.4) is 0 Å². The summed E-state index contributed by atoms with van der Waals surface area (Å²) in [6.07, 6.45) is -1.04. The van der Waals surface area contributed by atoms with E-state index in [0.717, 1.165) is 19.0 Å². The molecule has 0 aromatic carbocycles. The number of halogens is 3. The lowest BCUT2D eigenvalue weighted by Gasteiger charge is -2.40. The number of amides is 2. The fourth-order valence-corrected chi connectivity index (χ4v) is 5.22. The summed E-state index contributed by atoms with van der Waals surface area (Å²) >= 11 is 0. The van der Waals surface area contributed by atoms with Crippen molar-refractivity contribution in [2.45, 2.75) is 38.4 Å². The number of primary amides is 1. The van der Waals surface area contributed by atoms with Crippen molar-refractivity contribution < 1.29 is 27.5 Å². The molecule has 0 bridgehead atoms. The number of carbonyl (C=O) groups is 2. The van der Waals surface area contributed by atoms with Crippen LogP contribution in [0.1, 0.15) is 37.2 Å².